The Morgan fingerprint density at radius 1 is 1.47 bits per heavy atom. The van der Waals surface area contributed by atoms with Crippen LogP contribution in [0.2, 0.25) is 0 Å². The molecule has 0 saturated heterocycles. The second-order valence-electron chi connectivity index (χ2n) is 3.82. The van der Waals surface area contributed by atoms with Crippen LogP contribution < -0.4 is 0 Å². The fraction of sp³-hybridized carbons (Fsp3) is 0.333. The number of benzene rings is 1. The molecule has 0 aliphatic carbocycles. The van der Waals surface area contributed by atoms with Crippen LogP contribution in [0, 0.1) is 5.82 Å². The average molecular weight is 346 g/mol. The fourth-order valence-electron chi connectivity index (χ4n) is 1.48. The molecule has 0 N–H and O–H groups in total. The van der Waals surface area contributed by atoms with Crippen LogP contribution in [0.15, 0.2) is 34.2 Å². The van der Waals surface area contributed by atoms with Gasteiger partial charge in [-0.3, -0.25) is 0 Å². The zero-order valence-electron chi connectivity index (χ0n) is 10.3. The lowest BCUT2D eigenvalue weighted by Gasteiger charge is -2.06. The van der Waals surface area contributed by atoms with Crippen molar-refractivity contribution in [2.24, 2.45) is 0 Å². The molecule has 1 heterocycles. The second-order valence-corrected chi connectivity index (χ2v) is 5.68. The Balaban J connectivity index is 2.00. The van der Waals surface area contributed by atoms with Crippen LogP contribution in [-0.4, -0.2) is 28.5 Å². The standard InChI is InChI=1S/C12H13BrFN3OS/c1-18-5-4-17-8-15-16-12(17)19-7-9-2-3-10(13)6-11(9)14/h2-3,6,8H,4-5,7H2,1H3. The van der Waals surface area contributed by atoms with Gasteiger partial charge in [-0.05, 0) is 17.7 Å². The highest BCUT2D eigenvalue weighted by Gasteiger charge is 2.08. The Kier molecular flexibility index (Phi) is 5.35. The van der Waals surface area contributed by atoms with Crippen LogP contribution in [0.4, 0.5) is 4.39 Å². The van der Waals surface area contributed by atoms with Crippen LogP contribution in [-0.2, 0) is 17.0 Å². The third kappa shape index (κ3) is 4.02. The summed E-state index contributed by atoms with van der Waals surface area (Å²) in [6, 6.07) is 5.06. The summed E-state index contributed by atoms with van der Waals surface area (Å²) in [4.78, 5) is 0. The molecule has 2 rings (SSSR count). The normalized spacial score (nSPS) is 10.9. The first kappa shape index (κ1) is 14.5. The Morgan fingerprint density at radius 3 is 3.05 bits per heavy atom. The van der Waals surface area contributed by atoms with Gasteiger partial charge >= 0.3 is 0 Å². The van der Waals surface area contributed by atoms with Gasteiger partial charge in [0, 0.05) is 23.9 Å². The molecule has 2 aromatic rings. The van der Waals surface area contributed by atoms with Crippen LogP contribution in [0.5, 0.6) is 0 Å². The summed E-state index contributed by atoms with van der Waals surface area (Å²) in [5, 5.41) is 8.64. The van der Waals surface area contributed by atoms with Crippen molar-refractivity contribution in [3.63, 3.8) is 0 Å². The SMILES string of the molecule is COCCn1cnnc1SCc1ccc(Br)cc1F. The zero-order chi connectivity index (χ0) is 13.7. The number of halogens is 2. The molecule has 0 aliphatic rings. The third-order valence-electron chi connectivity index (χ3n) is 2.49. The summed E-state index contributed by atoms with van der Waals surface area (Å²) >= 11 is 4.69. The predicted molar refractivity (Wildman–Crippen MR) is 75.6 cm³/mol. The molecule has 0 amide bonds. The maximum absolute atomic E-state index is 13.7. The van der Waals surface area contributed by atoms with Gasteiger partial charge in [-0.15, -0.1) is 10.2 Å². The Labute approximate surface area is 123 Å². The largest absolute Gasteiger partial charge is 0.383 e. The molecule has 7 heteroatoms. The number of nitrogens with zero attached hydrogens (tertiary/aromatic N) is 3. The lowest BCUT2D eigenvalue weighted by Crippen LogP contribution is -2.04. The first-order valence-electron chi connectivity index (χ1n) is 5.64. The maximum Gasteiger partial charge on any atom is 0.191 e. The van der Waals surface area contributed by atoms with Crippen molar-refractivity contribution in [2.75, 3.05) is 13.7 Å². The summed E-state index contributed by atoms with van der Waals surface area (Å²) in [7, 11) is 1.65. The van der Waals surface area contributed by atoms with Crippen molar-refractivity contribution < 1.29 is 9.13 Å². The highest BCUT2D eigenvalue weighted by molar-refractivity contribution is 9.10. The smallest absolute Gasteiger partial charge is 0.191 e. The van der Waals surface area contributed by atoms with E-state index in [4.69, 9.17) is 4.74 Å². The van der Waals surface area contributed by atoms with E-state index in [-0.39, 0.29) is 5.82 Å². The van der Waals surface area contributed by atoms with Gasteiger partial charge in [0.2, 0.25) is 0 Å². The van der Waals surface area contributed by atoms with Crippen molar-refractivity contribution >= 4 is 27.7 Å². The molecule has 4 nitrogen and oxygen atoms in total. The summed E-state index contributed by atoms with van der Waals surface area (Å²) in [5.41, 5.74) is 0.648. The monoisotopic (exact) mass is 345 g/mol. The molecule has 0 fully saturated rings. The van der Waals surface area contributed by atoms with Gasteiger partial charge in [0.15, 0.2) is 5.16 Å². The molecule has 0 spiro atoms. The van der Waals surface area contributed by atoms with E-state index in [1.165, 1.54) is 17.8 Å². The number of hydrogen-bond acceptors (Lipinski definition) is 4. The lowest BCUT2D eigenvalue weighted by atomic mass is 10.2. The minimum absolute atomic E-state index is 0.218. The Bertz CT molecular complexity index is 550. The molecule has 0 atom stereocenters. The molecule has 1 aromatic carbocycles. The van der Waals surface area contributed by atoms with Crippen molar-refractivity contribution in [1.82, 2.24) is 14.8 Å². The van der Waals surface area contributed by atoms with Crippen LogP contribution >= 0.6 is 27.7 Å². The number of ether oxygens (including phenoxy) is 1. The maximum atomic E-state index is 13.7. The van der Waals surface area contributed by atoms with Crippen LogP contribution in [0.3, 0.4) is 0 Å². The van der Waals surface area contributed by atoms with Gasteiger partial charge in [-0.2, -0.15) is 0 Å². The quantitative estimate of drug-likeness (QED) is 0.754. The molecular weight excluding hydrogens is 333 g/mol. The van der Waals surface area contributed by atoms with E-state index < -0.39 is 0 Å². The summed E-state index contributed by atoms with van der Waals surface area (Å²) in [6.45, 7) is 1.28. The highest BCUT2D eigenvalue weighted by atomic mass is 79.9. The van der Waals surface area contributed by atoms with Gasteiger partial charge in [-0.25, -0.2) is 4.39 Å². The molecule has 1 aromatic heterocycles. The molecular formula is C12H13BrFN3OS. The predicted octanol–water partition coefficient (Wildman–Crippen LogP) is 3.12. The second kappa shape index (κ2) is 7.02. The van der Waals surface area contributed by atoms with Crippen LogP contribution in [0.1, 0.15) is 5.56 Å². The summed E-state index contributed by atoms with van der Waals surface area (Å²) < 4.78 is 21.3. The number of methoxy groups -OCH3 is 1. The molecule has 0 radical (unpaired) electrons. The van der Waals surface area contributed by atoms with E-state index in [2.05, 4.69) is 26.1 Å². The minimum atomic E-state index is -0.218. The third-order valence-corrected chi connectivity index (χ3v) is 4.01. The van der Waals surface area contributed by atoms with E-state index in [0.29, 0.717) is 24.5 Å². The van der Waals surface area contributed by atoms with Gasteiger partial charge in [0.1, 0.15) is 12.1 Å². The zero-order valence-corrected chi connectivity index (χ0v) is 12.7. The first-order chi connectivity index (χ1) is 9.20. The average Bonchev–Trinajstić information content (AvgIpc) is 2.83. The Hall–Kier alpha value is -0.920. The van der Waals surface area contributed by atoms with E-state index in [9.17, 15) is 4.39 Å². The van der Waals surface area contributed by atoms with Gasteiger partial charge in [0.25, 0.3) is 0 Å². The molecule has 0 saturated carbocycles. The van der Waals surface area contributed by atoms with Gasteiger partial charge < -0.3 is 9.30 Å². The molecule has 19 heavy (non-hydrogen) atoms. The van der Waals surface area contributed by atoms with Gasteiger partial charge in [0.05, 0.1) is 6.61 Å². The van der Waals surface area contributed by atoms with Crippen molar-refractivity contribution in [3.8, 4) is 0 Å². The molecule has 102 valence electrons. The lowest BCUT2D eigenvalue weighted by molar-refractivity contribution is 0.184. The number of thioether (sulfide) groups is 1. The number of rotatable bonds is 6. The Morgan fingerprint density at radius 2 is 2.32 bits per heavy atom. The first-order valence-corrected chi connectivity index (χ1v) is 7.42. The van der Waals surface area contributed by atoms with E-state index >= 15 is 0 Å². The van der Waals surface area contributed by atoms with E-state index in [1.54, 1.807) is 19.5 Å². The van der Waals surface area contributed by atoms with Crippen molar-refractivity contribution in [1.29, 1.82) is 0 Å². The molecule has 0 unspecified atom stereocenters. The summed E-state index contributed by atoms with van der Waals surface area (Å²) in [6.07, 6.45) is 1.65. The minimum Gasteiger partial charge on any atom is -0.383 e. The highest BCUT2D eigenvalue weighted by Crippen LogP contribution is 2.24. The topological polar surface area (TPSA) is 39.9 Å². The number of aromatic nitrogens is 3. The van der Waals surface area contributed by atoms with E-state index in [0.717, 1.165) is 9.63 Å². The van der Waals surface area contributed by atoms with Crippen molar-refractivity contribution in [2.45, 2.75) is 17.5 Å². The van der Waals surface area contributed by atoms with Crippen molar-refractivity contribution in [3.05, 3.63) is 40.4 Å². The van der Waals surface area contributed by atoms with E-state index in [1.807, 2.05) is 10.6 Å². The van der Waals surface area contributed by atoms with Crippen LogP contribution in [0.25, 0.3) is 0 Å². The van der Waals surface area contributed by atoms with Gasteiger partial charge in [-0.1, -0.05) is 33.8 Å². The summed E-state index contributed by atoms with van der Waals surface area (Å²) in [5.74, 6) is 0.301. The molecule has 0 bridgehead atoms. The fourth-order valence-corrected chi connectivity index (χ4v) is 2.74. The molecule has 0 aliphatic heterocycles. The number of hydrogen-bond donors (Lipinski definition) is 0.